The molecule has 9 amide bonds. The standard InChI is InChI=1S/C48H70N12O11S2/c1-4-27(2)40(46(70)58-36(26-73)47(71)60-20-9-13-37(60)45(69)55-32(12-8-19-52-48(50)51)41(65)53-25-38(49)63)59-44(68)33(22-28(3)61)56-43(67)35(23-29-10-6-5-7-11-29)57-42(66)34(54-39(64)18-21-72)24-30-14-16-31(62)17-15-30/h5-7,10-11,14-17,27,32-37,40,62,72-73H,4,8-9,12-13,18-26H2,1-3H3,(H2,49,63)(H,53,65)(H,54,64)(H,55,69)(H,56,67)(H,57,66)(H,58,70)(H,59,68)(H4,50,51,52)/t27-,32+,33-,34-,35-,36-,37-,40-/m0/s1. The normalized spacial score (nSPS) is 15.8. The van der Waals surface area contributed by atoms with E-state index in [-0.39, 0.29) is 74.8 Å². The number of carbonyl (C=O) groups is 10. The maximum Gasteiger partial charge on any atom is 0.246 e. The van der Waals surface area contributed by atoms with Crippen molar-refractivity contribution in [2.45, 2.75) is 121 Å². The van der Waals surface area contributed by atoms with Crippen LogP contribution in [0.15, 0.2) is 59.6 Å². The Balaban J connectivity index is 1.83. The third-order valence-electron chi connectivity index (χ3n) is 11.9. The van der Waals surface area contributed by atoms with Crippen molar-refractivity contribution in [3.05, 3.63) is 65.7 Å². The average molecular weight is 1060 g/mol. The first-order valence-electron chi connectivity index (χ1n) is 23.9. The Kier molecular flexibility index (Phi) is 25.5. The van der Waals surface area contributed by atoms with Crippen LogP contribution in [0.25, 0.3) is 0 Å². The van der Waals surface area contributed by atoms with Gasteiger partial charge in [-0.25, -0.2) is 0 Å². The molecule has 73 heavy (non-hydrogen) atoms. The molecule has 0 bridgehead atoms. The van der Waals surface area contributed by atoms with E-state index in [1.54, 1.807) is 56.3 Å². The molecule has 8 atom stereocenters. The zero-order valence-corrected chi connectivity index (χ0v) is 43.1. The number of Topliss-reactive ketones (excluding diaryl/α,β-unsaturated/α-hetero) is 1. The van der Waals surface area contributed by atoms with Crippen LogP contribution in [-0.4, -0.2) is 148 Å². The molecule has 1 fully saturated rings. The molecule has 2 aromatic carbocycles. The number of rotatable bonds is 30. The van der Waals surface area contributed by atoms with Crippen LogP contribution in [-0.2, 0) is 60.8 Å². The number of phenols is 1. The van der Waals surface area contributed by atoms with Crippen LogP contribution < -0.4 is 54.4 Å². The molecule has 0 spiro atoms. The number of phenolic OH excluding ortho intramolecular Hbond substituents is 1. The summed E-state index contributed by atoms with van der Waals surface area (Å²) < 4.78 is 0. The zero-order chi connectivity index (χ0) is 54.2. The number of nitrogens with zero attached hydrogens (tertiary/aromatic N) is 2. The molecule has 1 heterocycles. The van der Waals surface area contributed by atoms with Crippen LogP contribution in [0.4, 0.5) is 0 Å². The number of aromatic hydroxyl groups is 1. The molecule has 0 radical (unpaired) electrons. The fourth-order valence-electron chi connectivity index (χ4n) is 7.79. The smallest absolute Gasteiger partial charge is 0.246 e. The summed E-state index contributed by atoms with van der Waals surface area (Å²) in [6.07, 6.45) is 0.678. The van der Waals surface area contributed by atoms with Gasteiger partial charge in [0.2, 0.25) is 53.2 Å². The molecular formula is C48H70N12O11S2. The second kappa shape index (κ2) is 30.9. The monoisotopic (exact) mass is 1050 g/mol. The van der Waals surface area contributed by atoms with Crippen molar-refractivity contribution in [2.24, 2.45) is 28.1 Å². The molecule has 0 aromatic heterocycles. The number of hydrogen-bond donors (Lipinski definition) is 13. The Morgan fingerprint density at radius 3 is 1.90 bits per heavy atom. The zero-order valence-electron chi connectivity index (χ0n) is 41.3. The van der Waals surface area contributed by atoms with E-state index in [1.165, 1.54) is 24.0 Å². The Labute approximate surface area is 435 Å². The molecule has 14 N–H and O–H groups in total. The minimum atomic E-state index is -1.55. The largest absolute Gasteiger partial charge is 0.508 e. The first-order valence-corrected chi connectivity index (χ1v) is 25.2. The summed E-state index contributed by atoms with van der Waals surface area (Å²) in [4.78, 5) is 139. The Morgan fingerprint density at radius 2 is 1.33 bits per heavy atom. The number of ketones is 1. The fourth-order valence-corrected chi connectivity index (χ4v) is 8.24. The van der Waals surface area contributed by atoms with Gasteiger partial charge in [0.1, 0.15) is 53.8 Å². The van der Waals surface area contributed by atoms with E-state index in [2.05, 4.69) is 67.5 Å². The number of primary amides is 1. The minimum Gasteiger partial charge on any atom is -0.508 e. The number of amides is 9. The van der Waals surface area contributed by atoms with Gasteiger partial charge in [-0.3, -0.25) is 52.9 Å². The number of benzene rings is 2. The fraction of sp³-hybridized carbons (Fsp3) is 0.521. The molecule has 3 rings (SSSR count). The van der Waals surface area contributed by atoms with E-state index < -0.39 is 120 Å². The predicted octanol–water partition coefficient (Wildman–Crippen LogP) is -1.99. The van der Waals surface area contributed by atoms with Crippen LogP contribution in [0.3, 0.4) is 0 Å². The van der Waals surface area contributed by atoms with Crippen LogP contribution >= 0.6 is 25.3 Å². The first kappa shape index (κ1) is 60.4. The summed E-state index contributed by atoms with van der Waals surface area (Å²) in [5, 5.41) is 28.1. The minimum absolute atomic E-state index is 0.00636. The molecule has 1 aliphatic rings. The Hall–Kier alpha value is -6.89. The summed E-state index contributed by atoms with van der Waals surface area (Å²) in [6.45, 7) is 4.41. The second-order valence-corrected chi connectivity index (χ2v) is 18.5. The van der Waals surface area contributed by atoms with E-state index >= 15 is 0 Å². The molecule has 0 aliphatic carbocycles. The number of guanidine groups is 1. The van der Waals surface area contributed by atoms with Crippen molar-refractivity contribution < 1.29 is 53.1 Å². The molecule has 25 heteroatoms. The van der Waals surface area contributed by atoms with Gasteiger partial charge < -0.3 is 64.4 Å². The number of carbonyl (C=O) groups excluding carboxylic acids is 10. The van der Waals surface area contributed by atoms with E-state index in [4.69, 9.17) is 17.2 Å². The third kappa shape index (κ3) is 20.6. The third-order valence-corrected chi connectivity index (χ3v) is 12.4. The maximum atomic E-state index is 14.3. The molecule has 0 unspecified atom stereocenters. The van der Waals surface area contributed by atoms with Gasteiger partial charge in [0.15, 0.2) is 5.96 Å². The van der Waals surface area contributed by atoms with Gasteiger partial charge in [0.05, 0.1) is 6.54 Å². The van der Waals surface area contributed by atoms with Gasteiger partial charge in [0.25, 0.3) is 0 Å². The lowest BCUT2D eigenvalue weighted by Gasteiger charge is -2.31. The summed E-state index contributed by atoms with van der Waals surface area (Å²) >= 11 is 8.45. The van der Waals surface area contributed by atoms with Crippen LogP contribution in [0.1, 0.15) is 76.8 Å². The Morgan fingerprint density at radius 1 is 0.740 bits per heavy atom. The topological polar surface area (TPSA) is 369 Å². The van der Waals surface area contributed by atoms with E-state index in [0.717, 1.165) is 0 Å². The quantitative estimate of drug-likeness (QED) is 0.0175. The Bertz CT molecular complexity index is 2270. The van der Waals surface area contributed by atoms with Gasteiger partial charge >= 0.3 is 0 Å². The summed E-state index contributed by atoms with van der Waals surface area (Å²) in [6, 6.07) is 5.72. The predicted molar refractivity (Wildman–Crippen MR) is 277 cm³/mol. The maximum absolute atomic E-state index is 14.3. The van der Waals surface area contributed by atoms with E-state index in [9.17, 15) is 53.1 Å². The first-order chi connectivity index (χ1) is 34.7. The summed E-state index contributed by atoms with van der Waals surface area (Å²) in [5.41, 5.74) is 17.2. The van der Waals surface area contributed by atoms with Crippen molar-refractivity contribution in [3.8, 4) is 5.75 Å². The van der Waals surface area contributed by atoms with Crippen molar-refractivity contribution in [2.75, 3.05) is 31.1 Å². The number of aliphatic imine (C=N–C) groups is 1. The number of likely N-dealkylation sites (tertiary alicyclic amines) is 1. The molecule has 2 aromatic rings. The van der Waals surface area contributed by atoms with Crippen LogP contribution in [0.5, 0.6) is 5.75 Å². The molecule has 23 nitrogen and oxygen atoms in total. The van der Waals surface area contributed by atoms with Crippen molar-refractivity contribution in [3.63, 3.8) is 0 Å². The van der Waals surface area contributed by atoms with Crippen LogP contribution in [0.2, 0.25) is 0 Å². The van der Waals surface area contributed by atoms with Crippen molar-refractivity contribution in [1.29, 1.82) is 0 Å². The highest BCUT2D eigenvalue weighted by atomic mass is 32.1. The molecule has 0 saturated carbocycles. The summed E-state index contributed by atoms with van der Waals surface area (Å²) in [5.74, 6) is -7.92. The number of thiol groups is 2. The van der Waals surface area contributed by atoms with Gasteiger partial charge in [-0.15, -0.1) is 0 Å². The number of nitrogens with two attached hydrogens (primary N) is 3. The second-order valence-electron chi connectivity index (χ2n) is 17.7. The lowest BCUT2D eigenvalue weighted by Crippen LogP contribution is -2.61. The molecule has 400 valence electrons. The summed E-state index contributed by atoms with van der Waals surface area (Å²) in [7, 11) is 0. The molecule has 1 saturated heterocycles. The lowest BCUT2D eigenvalue weighted by molar-refractivity contribution is -0.142. The van der Waals surface area contributed by atoms with Crippen molar-refractivity contribution in [1.82, 2.24) is 42.1 Å². The highest BCUT2D eigenvalue weighted by Gasteiger charge is 2.40. The molecular weight excluding hydrogens is 985 g/mol. The van der Waals surface area contributed by atoms with Crippen molar-refractivity contribution >= 4 is 90.2 Å². The van der Waals surface area contributed by atoms with Gasteiger partial charge in [-0.05, 0) is 67.5 Å². The van der Waals surface area contributed by atoms with Crippen LogP contribution in [0, 0.1) is 5.92 Å². The lowest BCUT2D eigenvalue weighted by atomic mass is 9.97. The molecule has 1 aliphatic heterocycles. The number of nitrogens with one attached hydrogen (secondary N) is 7. The van der Waals surface area contributed by atoms with E-state index in [1.807, 2.05) is 0 Å². The van der Waals surface area contributed by atoms with E-state index in [0.29, 0.717) is 24.0 Å². The average Bonchev–Trinajstić information content (AvgIpc) is 3.85. The van der Waals surface area contributed by atoms with Gasteiger partial charge in [-0.2, -0.15) is 25.3 Å². The highest BCUT2D eigenvalue weighted by Crippen LogP contribution is 2.20. The number of hydrogen-bond acceptors (Lipinski definition) is 14. The SMILES string of the molecule is CC[C@H](C)[C@H](NC(=O)[C@H](CC(C)=O)NC(=O)[C@H](Cc1ccccc1)NC(=O)[C@H](Cc1ccc(O)cc1)NC(=O)CCS)C(=O)N[C@@H](CS)C(=O)N1CCC[C@H]1C(=O)N[C@H](CCCN=C(N)N)C(=O)NCC(N)=O. The van der Waals surface area contributed by atoms with Gasteiger partial charge in [-0.1, -0.05) is 62.7 Å². The van der Waals surface area contributed by atoms with Gasteiger partial charge in [0, 0.05) is 44.5 Å². The highest BCUT2D eigenvalue weighted by molar-refractivity contribution is 7.80.